The van der Waals surface area contributed by atoms with Gasteiger partial charge in [-0.3, -0.25) is 0 Å². The Morgan fingerprint density at radius 3 is 2.24 bits per heavy atom. The molecule has 3 nitrogen and oxygen atoms in total. The number of rotatable bonds is 6. The maximum Gasteiger partial charge on any atom is 0.343 e. The number of ether oxygens (including phenoxy) is 1. The third-order valence-corrected chi connectivity index (χ3v) is 8.47. The van der Waals surface area contributed by atoms with E-state index in [2.05, 4.69) is 18.2 Å². The molecule has 0 amide bonds. The maximum atomic E-state index is 12.6. The molecule has 0 spiro atoms. The van der Waals surface area contributed by atoms with Crippen molar-refractivity contribution in [2.24, 2.45) is 17.8 Å². The fourth-order valence-corrected chi connectivity index (χ4v) is 7.54. The lowest BCUT2D eigenvalue weighted by molar-refractivity contribution is -0.00554. The van der Waals surface area contributed by atoms with Crippen molar-refractivity contribution in [2.75, 3.05) is 6.61 Å². The first kappa shape index (κ1) is 20.9. The molecule has 3 aromatic rings. The van der Waals surface area contributed by atoms with Crippen LogP contribution in [0.3, 0.4) is 0 Å². The molecular formula is C30H32O3. The number of aliphatic hydroxyl groups is 1. The summed E-state index contributed by atoms with van der Waals surface area (Å²) in [4.78, 5) is 12.6. The van der Waals surface area contributed by atoms with Gasteiger partial charge in [0.1, 0.15) is 5.75 Å². The highest BCUT2D eigenvalue weighted by Crippen LogP contribution is 2.61. The molecule has 170 valence electrons. The molecule has 4 saturated carbocycles. The van der Waals surface area contributed by atoms with Crippen LogP contribution in [0.1, 0.15) is 66.4 Å². The topological polar surface area (TPSA) is 46.5 Å². The number of benzene rings is 3. The molecule has 4 fully saturated rings. The first-order valence-corrected chi connectivity index (χ1v) is 12.6. The summed E-state index contributed by atoms with van der Waals surface area (Å²) in [5, 5.41) is 11.9. The number of esters is 1. The summed E-state index contributed by atoms with van der Waals surface area (Å²) in [5.41, 5.74) is 3.78. The molecule has 0 radical (unpaired) electrons. The van der Waals surface area contributed by atoms with E-state index in [1.165, 1.54) is 55.0 Å². The zero-order chi connectivity index (χ0) is 22.4. The number of carbonyl (C=O) groups is 1. The summed E-state index contributed by atoms with van der Waals surface area (Å²) >= 11 is 0. The lowest BCUT2D eigenvalue weighted by atomic mass is 9.47. The molecule has 0 unspecified atom stereocenters. The van der Waals surface area contributed by atoms with Gasteiger partial charge in [-0.05, 0) is 121 Å². The van der Waals surface area contributed by atoms with Gasteiger partial charge in [-0.15, -0.1) is 0 Å². The van der Waals surface area contributed by atoms with Crippen LogP contribution >= 0.6 is 0 Å². The molecule has 4 aliphatic rings. The highest BCUT2D eigenvalue weighted by atomic mass is 16.5. The zero-order valence-corrected chi connectivity index (χ0v) is 19.1. The Morgan fingerprint density at radius 2 is 1.58 bits per heavy atom. The van der Waals surface area contributed by atoms with Gasteiger partial charge >= 0.3 is 5.97 Å². The van der Waals surface area contributed by atoms with Crippen LogP contribution in [0.25, 0.3) is 10.8 Å². The third kappa shape index (κ3) is 3.87. The minimum atomic E-state index is -0.323. The van der Waals surface area contributed by atoms with Crippen molar-refractivity contribution < 1.29 is 14.6 Å². The van der Waals surface area contributed by atoms with E-state index in [4.69, 9.17) is 4.74 Å². The second-order valence-corrected chi connectivity index (χ2v) is 10.8. The summed E-state index contributed by atoms with van der Waals surface area (Å²) in [6.45, 7) is 0.229. The van der Waals surface area contributed by atoms with Crippen LogP contribution in [0, 0.1) is 17.8 Å². The van der Waals surface area contributed by atoms with Crippen molar-refractivity contribution in [3.8, 4) is 5.75 Å². The molecular weight excluding hydrogens is 408 g/mol. The fraction of sp³-hybridized carbons (Fsp3) is 0.433. The summed E-state index contributed by atoms with van der Waals surface area (Å²) in [6, 6.07) is 19.9. The second kappa shape index (κ2) is 8.29. The van der Waals surface area contributed by atoms with Gasteiger partial charge in [-0.2, -0.15) is 0 Å². The lowest BCUT2D eigenvalue weighted by Gasteiger charge is -2.57. The third-order valence-electron chi connectivity index (χ3n) is 8.47. The van der Waals surface area contributed by atoms with Gasteiger partial charge in [0.2, 0.25) is 0 Å². The van der Waals surface area contributed by atoms with E-state index < -0.39 is 0 Å². The van der Waals surface area contributed by atoms with E-state index in [9.17, 15) is 9.90 Å². The molecule has 0 aromatic heterocycles. The molecule has 3 heteroatoms. The number of fused-ring (bicyclic) bond motifs is 1. The van der Waals surface area contributed by atoms with Crippen molar-refractivity contribution in [3.05, 3.63) is 77.4 Å². The van der Waals surface area contributed by atoms with Crippen LogP contribution in [-0.2, 0) is 11.8 Å². The van der Waals surface area contributed by atoms with Crippen molar-refractivity contribution in [3.63, 3.8) is 0 Å². The standard InChI is InChI=1S/C30H32O3/c31-10-4-7-25-14-24-8-9-27(33-29(32)23-5-2-1-3-6-23)15-26(24)16-28(25)30-17-20-11-21(18-30)13-22(12-20)19-30/h1-3,5-6,8-9,14-16,20-22,31H,4,7,10-13,17-19H2. The SMILES string of the molecule is O=C(Oc1ccc2cc(CCCO)c(C34CC5CC(CC(C5)C3)C4)cc2c1)c1ccccc1. The van der Waals surface area contributed by atoms with E-state index in [0.717, 1.165) is 36.0 Å². The Hall–Kier alpha value is -2.65. The smallest absolute Gasteiger partial charge is 0.343 e. The highest BCUT2D eigenvalue weighted by molar-refractivity contribution is 5.92. The minimum Gasteiger partial charge on any atom is -0.423 e. The number of hydrogen-bond donors (Lipinski definition) is 1. The average molecular weight is 441 g/mol. The van der Waals surface area contributed by atoms with Gasteiger partial charge in [-0.1, -0.05) is 36.4 Å². The zero-order valence-electron chi connectivity index (χ0n) is 19.1. The van der Waals surface area contributed by atoms with Crippen LogP contribution in [-0.4, -0.2) is 17.7 Å². The first-order valence-electron chi connectivity index (χ1n) is 12.6. The van der Waals surface area contributed by atoms with E-state index in [1.54, 1.807) is 12.1 Å². The molecule has 7 rings (SSSR count). The number of aliphatic hydroxyl groups excluding tert-OH is 1. The Kier molecular flexibility index (Phi) is 5.25. The lowest BCUT2D eigenvalue weighted by Crippen LogP contribution is -2.48. The van der Waals surface area contributed by atoms with Crippen molar-refractivity contribution in [2.45, 2.75) is 56.8 Å². The minimum absolute atomic E-state index is 0.229. The number of aryl methyl sites for hydroxylation is 1. The van der Waals surface area contributed by atoms with E-state index in [1.807, 2.05) is 30.3 Å². The van der Waals surface area contributed by atoms with Crippen molar-refractivity contribution in [1.82, 2.24) is 0 Å². The van der Waals surface area contributed by atoms with E-state index in [-0.39, 0.29) is 12.6 Å². The predicted molar refractivity (Wildman–Crippen MR) is 131 cm³/mol. The van der Waals surface area contributed by atoms with Crippen LogP contribution in [0.4, 0.5) is 0 Å². The van der Waals surface area contributed by atoms with Crippen LogP contribution < -0.4 is 4.74 Å². The van der Waals surface area contributed by atoms with E-state index in [0.29, 0.717) is 16.7 Å². The summed E-state index contributed by atoms with van der Waals surface area (Å²) < 4.78 is 5.72. The number of hydrogen-bond acceptors (Lipinski definition) is 3. The molecule has 3 aromatic carbocycles. The Morgan fingerprint density at radius 1 is 0.879 bits per heavy atom. The van der Waals surface area contributed by atoms with Crippen LogP contribution in [0.2, 0.25) is 0 Å². The molecule has 0 heterocycles. The van der Waals surface area contributed by atoms with Crippen LogP contribution in [0.5, 0.6) is 5.75 Å². The number of carbonyl (C=O) groups excluding carboxylic acids is 1. The van der Waals surface area contributed by atoms with Gasteiger partial charge in [-0.25, -0.2) is 4.79 Å². The highest BCUT2D eigenvalue weighted by Gasteiger charge is 2.52. The van der Waals surface area contributed by atoms with E-state index >= 15 is 0 Å². The van der Waals surface area contributed by atoms with Crippen LogP contribution in [0.15, 0.2) is 60.7 Å². The van der Waals surface area contributed by atoms with Gasteiger partial charge in [0.25, 0.3) is 0 Å². The first-order chi connectivity index (χ1) is 16.1. The fourth-order valence-electron chi connectivity index (χ4n) is 7.54. The van der Waals surface area contributed by atoms with Gasteiger partial charge in [0.15, 0.2) is 0 Å². The molecule has 33 heavy (non-hydrogen) atoms. The maximum absolute atomic E-state index is 12.6. The van der Waals surface area contributed by atoms with Crippen molar-refractivity contribution >= 4 is 16.7 Å². The Labute approximate surface area is 195 Å². The molecule has 4 aliphatic carbocycles. The van der Waals surface area contributed by atoms with Gasteiger partial charge in [0.05, 0.1) is 5.56 Å². The molecule has 0 saturated heterocycles. The normalized spacial score (nSPS) is 27.7. The summed E-state index contributed by atoms with van der Waals surface area (Å²) in [5.74, 6) is 2.93. The Balaban J connectivity index is 1.38. The Bertz CT molecular complexity index is 1140. The van der Waals surface area contributed by atoms with Crippen molar-refractivity contribution in [1.29, 1.82) is 0 Å². The second-order valence-electron chi connectivity index (χ2n) is 10.8. The molecule has 1 N–H and O–H groups in total. The average Bonchev–Trinajstić information content (AvgIpc) is 2.82. The van der Waals surface area contributed by atoms with Gasteiger partial charge < -0.3 is 9.84 Å². The molecule has 4 bridgehead atoms. The quantitative estimate of drug-likeness (QED) is 0.354. The molecule has 0 atom stereocenters. The largest absolute Gasteiger partial charge is 0.423 e. The van der Waals surface area contributed by atoms with Gasteiger partial charge in [0, 0.05) is 6.61 Å². The molecule has 0 aliphatic heterocycles. The monoisotopic (exact) mass is 440 g/mol. The predicted octanol–water partition coefficient (Wildman–Crippen LogP) is 6.45. The summed E-state index contributed by atoms with van der Waals surface area (Å²) in [7, 11) is 0. The summed E-state index contributed by atoms with van der Waals surface area (Å²) in [6.07, 6.45) is 9.97.